The van der Waals surface area contributed by atoms with Crippen molar-refractivity contribution in [3.63, 3.8) is 0 Å². The first-order chi connectivity index (χ1) is 9.58. The van der Waals surface area contributed by atoms with E-state index >= 15 is 0 Å². The molecule has 3 unspecified atom stereocenters. The molecule has 0 spiro atoms. The topological polar surface area (TPSA) is 27.1 Å². The highest BCUT2D eigenvalue weighted by Crippen LogP contribution is 2.34. The molecule has 3 rings (SSSR count). The van der Waals surface area contributed by atoms with Gasteiger partial charge in [-0.15, -0.1) is 11.6 Å². The summed E-state index contributed by atoms with van der Waals surface area (Å²) >= 11 is 6.37. The molecule has 3 nitrogen and oxygen atoms in total. The lowest BCUT2D eigenvalue weighted by molar-refractivity contribution is 0.00620. The van der Waals surface area contributed by atoms with Gasteiger partial charge in [0.05, 0.1) is 22.5 Å². The van der Waals surface area contributed by atoms with Gasteiger partial charge in [-0.1, -0.05) is 12.1 Å². The van der Waals surface area contributed by atoms with Crippen molar-refractivity contribution >= 4 is 22.6 Å². The van der Waals surface area contributed by atoms with E-state index in [9.17, 15) is 0 Å². The summed E-state index contributed by atoms with van der Waals surface area (Å²) in [6.07, 6.45) is 2.35. The molecule has 4 heteroatoms. The molecule has 20 heavy (non-hydrogen) atoms. The van der Waals surface area contributed by atoms with Crippen molar-refractivity contribution in [2.45, 2.75) is 51.1 Å². The van der Waals surface area contributed by atoms with Crippen LogP contribution in [0, 0.1) is 6.92 Å². The smallest absolute Gasteiger partial charge is 0.127 e. The van der Waals surface area contributed by atoms with Crippen LogP contribution in [0.4, 0.5) is 0 Å². The first kappa shape index (κ1) is 13.9. The lowest BCUT2D eigenvalue weighted by Gasteiger charge is -2.30. The molecule has 2 aromatic rings. The minimum atomic E-state index is -0.0834. The fourth-order valence-electron chi connectivity index (χ4n) is 3.20. The predicted molar refractivity (Wildman–Crippen MR) is 82.4 cm³/mol. The maximum absolute atomic E-state index is 6.37. The van der Waals surface area contributed by atoms with Gasteiger partial charge in [-0.05, 0) is 45.2 Å². The number of hydrogen-bond donors (Lipinski definition) is 0. The number of fused-ring (bicyclic) bond motifs is 1. The highest BCUT2D eigenvalue weighted by atomic mass is 35.5. The summed E-state index contributed by atoms with van der Waals surface area (Å²) in [4.78, 5) is 4.76. The van der Waals surface area contributed by atoms with Crippen LogP contribution in [0.1, 0.15) is 49.5 Å². The van der Waals surface area contributed by atoms with Gasteiger partial charge in [0, 0.05) is 12.6 Å². The van der Waals surface area contributed by atoms with Crippen LogP contribution in [-0.4, -0.2) is 22.3 Å². The van der Waals surface area contributed by atoms with Crippen molar-refractivity contribution in [2.24, 2.45) is 0 Å². The van der Waals surface area contributed by atoms with Gasteiger partial charge in [0.1, 0.15) is 5.82 Å². The molecule has 108 valence electrons. The number of ether oxygens (including phenoxy) is 1. The van der Waals surface area contributed by atoms with Gasteiger partial charge in [0.25, 0.3) is 0 Å². The van der Waals surface area contributed by atoms with Gasteiger partial charge >= 0.3 is 0 Å². The van der Waals surface area contributed by atoms with Crippen LogP contribution in [0.15, 0.2) is 18.2 Å². The van der Waals surface area contributed by atoms with E-state index in [-0.39, 0.29) is 5.38 Å². The average molecular weight is 293 g/mol. The van der Waals surface area contributed by atoms with Crippen molar-refractivity contribution in [2.75, 3.05) is 6.61 Å². The Balaban J connectivity index is 2.18. The Labute approximate surface area is 124 Å². The second-order valence-corrected chi connectivity index (χ2v) is 6.41. The number of aryl methyl sites for hydroxylation is 1. The van der Waals surface area contributed by atoms with Crippen LogP contribution >= 0.6 is 11.6 Å². The van der Waals surface area contributed by atoms with Crippen molar-refractivity contribution < 1.29 is 4.74 Å². The summed E-state index contributed by atoms with van der Waals surface area (Å²) in [5, 5.41) is -0.0834. The minimum absolute atomic E-state index is 0.0834. The Kier molecular flexibility index (Phi) is 3.74. The number of para-hydroxylation sites is 1. The summed E-state index contributed by atoms with van der Waals surface area (Å²) < 4.78 is 8.04. The number of imidazole rings is 1. The number of nitrogens with zero attached hydrogens (tertiary/aromatic N) is 2. The van der Waals surface area contributed by atoms with E-state index in [1.54, 1.807) is 0 Å². The Morgan fingerprint density at radius 1 is 1.45 bits per heavy atom. The van der Waals surface area contributed by atoms with E-state index in [1.807, 2.05) is 6.92 Å². The van der Waals surface area contributed by atoms with E-state index in [0.717, 1.165) is 30.8 Å². The molecular formula is C16H21ClN2O. The van der Waals surface area contributed by atoms with Crippen LogP contribution in [-0.2, 0) is 4.74 Å². The predicted octanol–water partition coefficient (Wildman–Crippen LogP) is 4.38. The van der Waals surface area contributed by atoms with Crippen LogP contribution < -0.4 is 0 Å². The Bertz CT molecular complexity index is 620. The van der Waals surface area contributed by atoms with Crippen LogP contribution in [0.3, 0.4) is 0 Å². The number of alkyl halides is 1. The second-order valence-electron chi connectivity index (χ2n) is 5.76. The molecule has 3 atom stereocenters. The van der Waals surface area contributed by atoms with Crippen LogP contribution in [0.25, 0.3) is 11.0 Å². The minimum Gasteiger partial charge on any atom is -0.378 e. The normalized spacial score (nSPS) is 25.0. The van der Waals surface area contributed by atoms with Gasteiger partial charge in [-0.25, -0.2) is 4.98 Å². The number of halogens is 1. The van der Waals surface area contributed by atoms with Gasteiger partial charge < -0.3 is 9.30 Å². The van der Waals surface area contributed by atoms with E-state index in [4.69, 9.17) is 21.3 Å². The molecule has 0 aliphatic carbocycles. The second kappa shape index (κ2) is 5.38. The standard InChI is InChI=1S/C16H21ClN2O/c1-10-5-4-6-14-15(10)19(16(18-14)12(3)17)13-7-8-20-11(2)9-13/h4-6,11-13H,7-9H2,1-3H3. The van der Waals surface area contributed by atoms with Gasteiger partial charge in [-0.3, -0.25) is 0 Å². The largest absolute Gasteiger partial charge is 0.378 e. The van der Waals surface area contributed by atoms with Crippen molar-refractivity contribution in [1.29, 1.82) is 0 Å². The maximum Gasteiger partial charge on any atom is 0.127 e. The SMILES string of the molecule is Cc1cccc2nc(C(C)Cl)n(C3CCOC(C)C3)c12. The summed E-state index contributed by atoms with van der Waals surface area (Å²) in [5.41, 5.74) is 3.54. The lowest BCUT2D eigenvalue weighted by atomic mass is 10.0. The molecule has 1 aromatic carbocycles. The lowest BCUT2D eigenvalue weighted by Crippen LogP contribution is -2.26. The van der Waals surface area contributed by atoms with Crippen LogP contribution in [0.5, 0.6) is 0 Å². The first-order valence-corrected chi connectivity index (χ1v) is 7.74. The molecule has 0 saturated carbocycles. The molecule has 0 radical (unpaired) electrons. The van der Waals surface area contributed by atoms with E-state index in [1.165, 1.54) is 11.1 Å². The van der Waals surface area contributed by atoms with E-state index < -0.39 is 0 Å². The zero-order valence-electron chi connectivity index (χ0n) is 12.3. The average Bonchev–Trinajstić information content (AvgIpc) is 2.80. The van der Waals surface area contributed by atoms with Gasteiger partial charge in [0.2, 0.25) is 0 Å². The maximum atomic E-state index is 6.37. The Morgan fingerprint density at radius 3 is 2.95 bits per heavy atom. The van der Waals surface area contributed by atoms with Gasteiger partial charge in [-0.2, -0.15) is 0 Å². The molecule has 0 N–H and O–H groups in total. The molecule has 1 aromatic heterocycles. The molecule has 0 amide bonds. The van der Waals surface area contributed by atoms with Crippen molar-refractivity contribution in [1.82, 2.24) is 9.55 Å². The molecular weight excluding hydrogens is 272 g/mol. The number of rotatable bonds is 2. The zero-order chi connectivity index (χ0) is 14.3. The zero-order valence-corrected chi connectivity index (χ0v) is 13.0. The van der Waals surface area contributed by atoms with E-state index in [2.05, 4.69) is 36.6 Å². The first-order valence-electron chi connectivity index (χ1n) is 7.31. The fraction of sp³-hybridized carbons (Fsp3) is 0.562. The highest BCUT2D eigenvalue weighted by molar-refractivity contribution is 6.20. The number of benzene rings is 1. The number of hydrogen-bond acceptors (Lipinski definition) is 2. The van der Waals surface area contributed by atoms with Crippen LogP contribution in [0.2, 0.25) is 0 Å². The Hall–Kier alpha value is -1.06. The fourth-order valence-corrected chi connectivity index (χ4v) is 3.35. The third-order valence-electron chi connectivity index (χ3n) is 4.12. The van der Waals surface area contributed by atoms with Crippen molar-refractivity contribution in [3.05, 3.63) is 29.6 Å². The monoisotopic (exact) mass is 292 g/mol. The van der Waals surface area contributed by atoms with Crippen molar-refractivity contribution in [3.8, 4) is 0 Å². The highest BCUT2D eigenvalue weighted by Gasteiger charge is 2.26. The molecule has 1 aliphatic heterocycles. The molecule has 1 fully saturated rings. The molecule has 1 aliphatic rings. The van der Waals surface area contributed by atoms with Gasteiger partial charge in [0.15, 0.2) is 0 Å². The summed E-state index contributed by atoms with van der Waals surface area (Å²) in [7, 11) is 0. The van der Waals surface area contributed by atoms with E-state index in [0.29, 0.717) is 12.1 Å². The molecule has 1 saturated heterocycles. The third kappa shape index (κ3) is 2.33. The molecule has 0 bridgehead atoms. The Morgan fingerprint density at radius 2 is 2.25 bits per heavy atom. The molecule has 2 heterocycles. The summed E-state index contributed by atoms with van der Waals surface area (Å²) in [6.45, 7) is 7.10. The summed E-state index contributed by atoms with van der Waals surface area (Å²) in [6, 6.07) is 6.71. The number of aromatic nitrogens is 2. The summed E-state index contributed by atoms with van der Waals surface area (Å²) in [5.74, 6) is 0.982. The third-order valence-corrected chi connectivity index (χ3v) is 4.31. The quantitative estimate of drug-likeness (QED) is 0.768.